The highest BCUT2D eigenvalue weighted by Crippen LogP contribution is 2.34. The van der Waals surface area contributed by atoms with Crippen molar-refractivity contribution in [1.82, 2.24) is 5.32 Å². The summed E-state index contributed by atoms with van der Waals surface area (Å²) in [6, 6.07) is 10.0. The lowest BCUT2D eigenvalue weighted by Crippen LogP contribution is -2.30. The summed E-state index contributed by atoms with van der Waals surface area (Å²) in [7, 11) is -4.40. The molecule has 0 heterocycles. The maximum absolute atomic E-state index is 11.9. The van der Waals surface area contributed by atoms with Crippen LogP contribution in [0.1, 0.15) is 5.56 Å². The van der Waals surface area contributed by atoms with Crippen LogP contribution in [0.3, 0.4) is 0 Å². The molecule has 0 aromatic heterocycles. The van der Waals surface area contributed by atoms with E-state index in [1.165, 1.54) is 36.4 Å². The Morgan fingerprint density at radius 2 is 1.70 bits per heavy atom. The summed E-state index contributed by atoms with van der Waals surface area (Å²) < 4.78 is 11.4. The van der Waals surface area contributed by atoms with Gasteiger partial charge in [-0.25, -0.2) is 4.79 Å². The molecule has 9 heteroatoms. The van der Waals surface area contributed by atoms with Gasteiger partial charge in [0.25, 0.3) is 0 Å². The number of nitrogens with one attached hydrogen (secondary N) is 2. The number of benzene rings is 2. The van der Waals surface area contributed by atoms with E-state index in [2.05, 4.69) is 10.6 Å². The van der Waals surface area contributed by atoms with Gasteiger partial charge in [0.1, 0.15) is 0 Å². The Labute approximate surface area is 142 Å². The van der Waals surface area contributed by atoms with Crippen LogP contribution in [-0.4, -0.2) is 15.8 Å². The third-order valence-corrected chi connectivity index (χ3v) is 4.37. The van der Waals surface area contributed by atoms with Crippen LogP contribution in [0.2, 0.25) is 10.0 Å². The minimum absolute atomic E-state index is 0.0403. The smallest absolute Gasteiger partial charge is 0.334 e. The van der Waals surface area contributed by atoms with Crippen LogP contribution >= 0.6 is 30.8 Å². The molecular weight excluding hydrogens is 362 g/mol. The van der Waals surface area contributed by atoms with Crippen LogP contribution in [0.5, 0.6) is 0 Å². The molecule has 2 aromatic carbocycles. The number of rotatable bonds is 4. The largest absolute Gasteiger partial charge is 0.356 e. The molecule has 6 nitrogen and oxygen atoms in total. The molecular formula is C14H13Cl2N2O4P. The summed E-state index contributed by atoms with van der Waals surface area (Å²) in [4.78, 5) is 30.4. The number of carbonyl (C=O) groups excluding carboxylic acids is 1. The zero-order valence-corrected chi connectivity index (χ0v) is 14.1. The zero-order chi connectivity index (χ0) is 17.0. The van der Waals surface area contributed by atoms with Crippen LogP contribution in [0.4, 0.5) is 10.5 Å². The Kier molecular flexibility index (Phi) is 5.68. The van der Waals surface area contributed by atoms with E-state index in [1.54, 1.807) is 6.07 Å². The van der Waals surface area contributed by atoms with Gasteiger partial charge in [-0.1, -0.05) is 41.4 Å². The minimum atomic E-state index is -4.40. The number of hydrogen-bond acceptors (Lipinski definition) is 2. The number of anilines is 1. The number of amides is 2. The van der Waals surface area contributed by atoms with E-state index in [0.717, 1.165) is 0 Å². The highest BCUT2D eigenvalue weighted by molar-refractivity contribution is 7.60. The Balaban J connectivity index is 2.04. The fraction of sp³-hybridized carbons (Fsp3) is 0.0714. The van der Waals surface area contributed by atoms with E-state index in [-0.39, 0.29) is 11.8 Å². The van der Waals surface area contributed by atoms with Crippen molar-refractivity contribution in [3.8, 4) is 0 Å². The summed E-state index contributed by atoms with van der Waals surface area (Å²) in [6.45, 7) is -0.0403. The number of hydrogen-bond donors (Lipinski definition) is 4. The quantitative estimate of drug-likeness (QED) is 0.617. The molecule has 23 heavy (non-hydrogen) atoms. The van der Waals surface area contributed by atoms with Crippen molar-refractivity contribution in [3.05, 3.63) is 58.1 Å². The van der Waals surface area contributed by atoms with Crippen molar-refractivity contribution < 1.29 is 19.1 Å². The van der Waals surface area contributed by atoms with E-state index in [1.807, 2.05) is 0 Å². The van der Waals surface area contributed by atoms with E-state index in [0.29, 0.717) is 21.3 Å². The molecule has 0 aliphatic heterocycles. The predicted molar refractivity (Wildman–Crippen MR) is 90.4 cm³/mol. The molecule has 4 N–H and O–H groups in total. The Morgan fingerprint density at radius 3 is 2.30 bits per heavy atom. The Morgan fingerprint density at radius 1 is 1.09 bits per heavy atom. The fourth-order valence-electron chi connectivity index (χ4n) is 1.92. The highest BCUT2D eigenvalue weighted by atomic mass is 35.5. The highest BCUT2D eigenvalue weighted by Gasteiger charge is 2.20. The minimum Gasteiger partial charge on any atom is -0.334 e. The van der Waals surface area contributed by atoms with Crippen molar-refractivity contribution in [3.63, 3.8) is 0 Å². The van der Waals surface area contributed by atoms with Gasteiger partial charge in [0, 0.05) is 22.3 Å². The third-order valence-electron chi connectivity index (χ3n) is 2.87. The van der Waals surface area contributed by atoms with Crippen molar-refractivity contribution in [1.29, 1.82) is 0 Å². The Bertz CT molecular complexity index is 759. The molecule has 0 atom stereocenters. The van der Waals surface area contributed by atoms with Gasteiger partial charge in [-0.3, -0.25) is 4.57 Å². The second kappa shape index (κ2) is 7.34. The van der Waals surface area contributed by atoms with Gasteiger partial charge in [-0.05, 0) is 29.8 Å². The zero-order valence-electron chi connectivity index (χ0n) is 11.7. The van der Waals surface area contributed by atoms with Gasteiger partial charge in [-0.15, -0.1) is 0 Å². The molecule has 2 rings (SSSR count). The predicted octanol–water partition coefficient (Wildman–Crippen LogP) is 3.12. The maximum Gasteiger partial charge on any atom is 0.356 e. The monoisotopic (exact) mass is 374 g/mol. The maximum atomic E-state index is 11.9. The van der Waals surface area contributed by atoms with E-state index < -0.39 is 13.6 Å². The van der Waals surface area contributed by atoms with Crippen molar-refractivity contribution in [2.45, 2.75) is 6.54 Å². The molecule has 122 valence electrons. The molecule has 0 saturated carbocycles. The van der Waals surface area contributed by atoms with Gasteiger partial charge >= 0.3 is 13.6 Å². The van der Waals surface area contributed by atoms with Crippen molar-refractivity contribution in [2.75, 3.05) is 5.32 Å². The topological polar surface area (TPSA) is 98.7 Å². The lowest BCUT2D eigenvalue weighted by atomic mass is 10.2. The standard InChI is InChI=1S/C14H13Cl2N2O4P/c15-10-5-11(16)7-12(6-10)18-14(19)17-8-9-3-1-2-4-13(9)23(20,21)22/h1-7H,8H2,(H2,17,18,19)(H2,20,21,22). The molecule has 0 aliphatic carbocycles. The first-order valence-corrected chi connectivity index (χ1v) is 8.77. The van der Waals surface area contributed by atoms with Gasteiger partial charge in [-0.2, -0.15) is 0 Å². The number of halogens is 2. The van der Waals surface area contributed by atoms with Crippen LogP contribution in [-0.2, 0) is 11.1 Å². The molecule has 0 fully saturated rings. The normalized spacial score (nSPS) is 11.1. The Hall–Kier alpha value is -1.56. The van der Waals surface area contributed by atoms with Gasteiger partial charge < -0.3 is 20.4 Å². The van der Waals surface area contributed by atoms with Crippen molar-refractivity contribution >= 4 is 47.8 Å². The number of carbonyl (C=O) groups is 1. The SMILES string of the molecule is O=C(NCc1ccccc1P(=O)(O)O)Nc1cc(Cl)cc(Cl)c1. The summed E-state index contributed by atoms with van der Waals surface area (Å²) in [6.07, 6.45) is 0. The van der Waals surface area contributed by atoms with E-state index in [9.17, 15) is 19.1 Å². The first-order valence-electron chi connectivity index (χ1n) is 6.40. The van der Waals surface area contributed by atoms with E-state index >= 15 is 0 Å². The van der Waals surface area contributed by atoms with Crippen molar-refractivity contribution in [2.24, 2.45) is 0 Å². The van der Waals surface area contributed by atoms with Gasteiger partial charge in [0.05, 0.1) is 5.30 Å². The van der Waals surface area contributed by atoms with Crippen LogP contribution in [0.25, 0.3) is 0 Å². The molecule has 0 saturated heterocycles. The second-order valence-corrected chi connectivity index (χ2v) is 7.08. The molecule has 0 bridgehead atoms. The van der Waals surface area contributed by atoms with Crippen LogP contribution < -0.4 is 15.9 Å². The first-order chi connectivity index (χ1) is 10.8. The molecule has 2 amide bonds. The van der Waals surface area contributed by atoms with Crippen LogP contribution in [0.15, 0.2) is 42.5 Å². The third kappa shape index (κ3) is 5.23. The summed E-state index contributed by atoms with van der Waals surface area (Å²) in [5.41, 5.74) is 0.739. The summed E-state index contributed by atoms with van der Waals surface area (Å²) in [5, 5.41) is 5.69. The average Bonchev–Trinajstić information content (AvgIpc) is 2.43. The van der Waals surface area contributed by atoms with Gasteiger partial charge in [0.2, 0.25) is 0 Å². The second-order valence-electron chi connectivity index (χ2n) is 4.64. The molecule has 2 aromatic rings. The molecule has 0 aliphatic rings. The average molecular weight is 375 g/mol. The summed E-state index contributed by atoms with van der Waals surface area (Å²) in [5.74, 6) is 0. The first kappa shape index (κ1) is 17.8. The van der Waals surface area contributed by atoms with E-state index in [4.69, 9.17) is 23.2 Å². The molecule has 0 spiro atoms. The lowest BCUT2D eigenvalue weighted by Gasteiger charge is -2.12. The van der Waals surface area contributed by atoms with Crippen LogP contribution in [0, 0.1) is 0 Å². The summed E-state index contributed by atoms with van der Waals surface area (Å²) >= 11 is 11.7. The fourth-order valence-corrected chi connectivity index (χ4v) is 3.26. The molecule has 0 radical (unpaired) electrons. The number of urea groups is 1. The lowest BCUT2D eigenvalue weighted by molar-refractivity contribution is 0.251. The molecule has 0 unspecified atom stereocenters. The van der Waals surface area contributed by atoms with Gasteiger partial charge in [0.15, 0.2) is 0 Å².